The predicted octanol–water partition coefficient (Wildman–Crippen LogP) is 3.02. The van der Waals surface area contributed by atoms with Crippen molar-refractivity contribution in [1.82, 2.24) is 9.88 Å². The van der Waals surface area contributed by atoms with Gasteiger partial charge < -0.3 is 10.2 Å². The summed E-state index contributed by atoms with van der Waals surface area (Å²) in [5.41, 5.74) is 1.39. The van der Waals surface area contributed by atoms with E-state index >= 15 is 0 Å². The SMILES string of the molecule is CCN(CC)C(=O)c1cccc(C(=O)Nc2cccc(C(C)=O)c2)n1. The highest BCUT2D eigenvalue weighted by Crippen LogP contribution is 2.13. The largest absolute Gasteiger partial charge is 0.338 e. The highest BCUT2D eigenvalue weighted by Gasteiger charge is 2.16. The first-order chi connectivity index (χ1) is 12.0. The topological polar surface area (TPSA) is 79.4 Å². The standard InChI is InChI=1S/C19H21N3O3/c1-4-22(5-2)19(25)17-11-7-10-16(21-17)18(24)20-15-9-6-8-14(12-15)13(3)23/h6-12H,4-5H2,1-3H3,(H,20,24). The minimum absolute atomic E-state index is 0.0824. The second-order valence-corrected chi connectivity index (χ2v) is 5.48. The summed E-state index contributed by atoms with van der Waals surface area (Å²) >= 11 is 0. The summed E-state index contributed by atoms with van der Waals surface area (Å²) in [7, 11) is 0. The molecular weight excluding hydrogens is 318 g/mol. The number of ketones is 1. The summed E-state index contributed by atoms with van der Waals surface area (Å²) in [6.45, 7) is 6.39. The van der Waals surface area contributed by atoms with Gasteiger partial charge in [0.25, 0.3) is 11.8 Å². The quantitative estimate of drug-likeness (QED) is 0.821. The molecule has 0 atom stereocenters. The molecule has 0 radical (unpaired) electrons. The normalized spacial score (nSPS) is 10.2. The van der Waals surface area contributed by atoms with Gasteiger partial charge in [-0.3, -0.25) is 14.4 Å². The molecule has 2 aromatic rings. The van der Waals surface area contributed by atoms with Gasteiger partial charge in [0, 0.05) is 24.3 Å². The molecule has 6 nitrogen and oxygen atoms in total. The monoisotopic (exact) mass is 339 g/mol. The second kappa shape index (κ2) is 8.19. The Morgan fingerprint density at radius 3 is 2.28 bits per heavy atom. The van der Waals surface area contributed by atoms with E-state index in [4.69, 9.17) is 0 Å². The fourth-order valence-corrected chi connectivity index (χ4v) is 2.36. The number of nitrogens with zero attached hydrogens (tertiary/aromatic N) is 2. The molecule has 2 rings (SSSR count). The van der Waals surface area contributed by atoms with Crippen LogP contribution in [0.25, 0.3) is 0 Å². The molecule has 0 unspecified atom stereocenters. The number of aromatic nitrogens is 1. The number of nitrogens with one attached hydrogen (secondary N) is 1. The summed E-state index contributed by atoms with van der Waals surface area (Å²) in [4.78, 5) is 42.0. The first-order valence-electron chi connectivity index (χ1n) is 8.15. The van der Waals surface area contributed by atoms with Crippen molar-refractivity contribution in [2.75, 3.05) is 18.4 Å². The Labute approximate surface area is 146 Å². The van der Waals surface area contributed by atoms with E-state index in [0.29, 0.717) is 24.3 Å². The summed E-state index contributed by atoms with van der Waals surface area (Å²) in [5, 5.41) is 2.70. The fraction of sp³-hybridized carbons (Fsp3) is 0.263. The van der Waals surface area contributed by atoms with Crippen molar-refractivity contribution in [3.05, 3.63) is 59.4 Å². The van der Waals surface area contributed by atoms with Gasteiger partial charge in [0.1, 0.15) is 11.4 Å². The van der Waals surface area contributed by atoms with E-state index in [1.165, 1.54) is 6.92 Å². The van der Waals surface area contributed by atoms with Crippen LogP contribution in [0.5, 0.6) is 0 Å². The van der Waals surface area contributed by atoms with E-state index in [0.717, 1.165) is 0 Å². The number of pyridine rings is 1. The van der Waals surface area contributed by atoms with E-state index in [-0.39, 0.29) is 23.1 Å². The van der Waals surface area contributed by atoms with Crippen LogP contribution in [0.2, 0.25) is 0 Å². The molecule has 0 spiro atoms. The summed E-state index contributed by atoms with van der Waals surface area (Å²) in [6.07, 6.45) is 0. The van der Waals surface area contributed by atoms with Gasteiger partial charge in [-0.1, -0.05) is 18.2 Å². The maximum absolute atomic E-state index is 12.4. The molecular formula is C19H21N3O3. The first-order valence-corrected chi connectivity index (χ1v) is 8.15. The third-order valence-corrected chi connectivity index (χ3v) is 3.78. The van der Waals surface area contributed by atoms with Gasteiger partial charge in [0.15, 0.2) is 5.78 Å². The zero-order valence-corrected chi connectivity index (χ0v) is 14.6. The van der Waals surface area contributed by atoms with Gasteiger partial charge in [-0.2, -0.15) is 0 Å². The van der Waals surface area contributed by atoms with Crippen LogP contribution in [0.1, 0.15) is 52.1 Å². The Hall–Kier alpha value is -3.02. The Morgan fingerprint density at radius 1 is 1.00 bits per heavy atom. The predicted molar refractivity (Wildman–Crippen MR) is 95.9 cm³/mol. The van der Waals surface area contributed by atoms with Crippen LogP contribution < -0.4 is 5.32 Å². The maximum Gasteiger partial charge on any atom is 0.274 e. The lowest BCUT2D eigenvalue weighted by atomic mass is 10.1. The van der Waals surface area contributed by atoms with Crippen LogP contribution in [0, 0.1) is 0 Å². The molecule has 0 saturated heterocycles. The van der Waals surface area contributed by atoms with Crippen LogP contribution >= 0.6 is 0 Å². The number of hydrogen-bond donors (Lipinski definition) is 1. The zero-order chi connectivity index (χ0) is 18.4. The van der Waals surface area contributed by atoms with Gasteiger partial charge >= 0.3 is 0 Å². The van der Waals surface area contributed by atoms with Gasteiger partial charge in [-0.15, -0.1) is 0 Å². The Morgan fingerprint density at radius 2 is 1.64 bits per heavy atom. The minimum atomic E-state index is -0.435. The molecule has 2 amide bonds. The number of carbonyl (C=O) groups is 3. The summed E-state index contributed by atoms with van der Waals surface area (Å²) < 4.78 is 0. The van der Waals surface area contributed by atoms with Crippen LogP contribution in [0.4, 0.5) is 5.69 Å². The minimum Gasteiger partial charge on any atom is -0.338 e. The van der Waals surface area contributed by atoms with E-state index in [1.54, 1.807) is 47.4 Å². The van der Waals surface area contributed by atoms with Crippen molar-refractivity contribution >= 4 is 23.3 Å². The van der Waals surface area contributed by atoms with Crippen molar-refractivity contribution < 1.29 is 14.4 Å². The molecule has 1 N–H and O–H groups in total. The Kier molecular flexibility index (Phi) is 6.00. The molecule has 6 heteroatoms. The molecule has 0 aliphatic heterocycles. The van der Waals surface area contributed by atoms with Gasteiger partial charge in [0.2, 0.25) is 0 Å². The third kappa shape index (κ3) is 4.50. The number of Topliss-reactive ketones (excluding diaryl/α,β-unsaturated/α-hetero) is 1. The summed E-state index contributed by atoms with van der Waals surface area (Å²) in [5.74, 6) is -0.728. The lowest BCUT2D eigenvalue weighted by Gasteiger charge is -2.18. The fourth-order valence-electron chi connectivity index (χ4n) is 2.36. The van der Waals surface area contributed by atoms with Crippen molar-refractivity contribution in [3.63, 3.8) is 0 Å². The van der Waals surface area contributed by atoms with Crippen LogP contribution in [0.3, 0.4) is 0 Å². The zero-order valence-electron chi connectivity index (χ0n) is 14.6. The highest BCUT2D eigenvalue weighted by molar-refractivity contribution is 6.04. The average Bonchev–Trinajstić information content (AvgIpc) is 2.63. The van der Waals surface area contributed by atoms with Crippen molar-refractivity contribution in [3.8, 4) is 0 Å². The Bertz CT molecular complexity index is 798. The number of amides is 2. The molecule has 1 aromatic carbocycles. The number of carbonyl (C=O) groups excluding carboxylic acids is 3. The van der Waals surface area contributed by atoms with Crippen molar-refractivity contribution in [2.24, 2.45) is 0 Å². The molecule has 130 valence electrons. The van der Waals surface area contributed by atoms with E-state index < -0.39 is 5.91 Å². The number of hydrogen-bond acceptors (Lipinski definition) is 4. The van der Waals surface area contributed by atoms with Crippen molar-refractivity contribution in [2.45, 2.75) is 20.8 Å². The van der Waals surface area contributed by atoms with Crippen LogP contribution in [-0.2, 0) is 0 Å². The van der Waals surface area contributed by atoms with E-state index in [9.17, 15) is 14.4 Å². The smallest absolute Gasteiger partial charge is 0.274 e. The molecule has 1 aromatic heterocycles. The molecule has 0 saturated carbocycles. The number of rotatable bonds is 6. The van der Waals surface area contributed by atoms with E-state index in [2.05, 4.69) is 10.3 Å². The number of benzene rings is 1. The lowest BCUT2D eigenvalue weighted by Crippen LogP contribution is -2.31. The highest BCUT2D eigenvalue weighted by atomic mass is 16.2. The third-order valence-electron chi connectivity index (χ3n) is 3.78. The van der Waals surface area contributed by atoms with Gasteiger partial charge in [-0.25, -0.2) is 4.98 Å². The molecule has 0 aliphatic carbocycles. The molecule has 1 heterocycles. The van der Waals surface area contributed by atoms with Gasteiger partial charge in [-0.05, 0) is 45.0 Å². The second-order valence-electron chi connectivity index (χ2n) is 5.48. The Balaban J connectivity index is 2.20. The van der Waals surface area contributed by atoms with Crippen molar-refractivity contribution in [1.29, 1.82) is 0 Å². The summed E-state index contributed by atoms with van der Waals surface area (Å²) in [6, 6.07) is 11.4. The molecule has 0 fully saturated rings. The van der Waals surface area contributed by atoms with E-state index in [1.807, 2.05) is 13.8 Å². The average molecular weight is 339 g/mol. The number of anilines is 1. The molecule has 0 aliphatic rings. The molecule has 0 bridgehead atoms. The first kappa shape index (κ1) is 18.3. The van der Waals surface area contributed by atoms with Crippen LogP contribution in [-0.4, -0.2) is 40.6 Å². The molecule has 25 heavy (non-hydrogen) atoms. The maximum atomic E-state index is 12.4. The van der Waals surface area contributed by atoms with Gasteiger partial charge in [0.05, 0.1) is 0 Å². The lowest BCUT2D eigenvalue weighted by molar-refractivity contribution is 0.0766. The van der Waals surface area contributed by atoms with Crippen LogP contribution in [0.15, 0.2) is 42.5 Å².